The number of nitrogens with zero attached hydrogens (tertiary/aromatic N) is 2. The third-order valence-electron chi connectivity index (χ3n) is 4.50. The van der Waals surface area contributed by atoms with E-state index in [9.17, 15) is 4.79 Å². The Balaban J connectivity index is 2.04. The van der Waals surface area contributed by atoms with Crippen molar-refractivity contribution >= 4 is 17.4 Å². The van der Waals surface area contributed by atoms with Gasteiger partial charge in [-0.05, 0) is 26.8 Å². The SMILES string of the molecule is CNC1(CC(=O)Cc2c(Cl)c(C)nn2C)CCCCC1. The van der Waals surface area contributed by atoms with Crippen molar-refractivity contribution in [3.63, 3.8) is 0 Å². The molecule has 0 radical (unpaired) electrons. The molecule has 0 aromatic carbocycles. The van der Waals surface area contributed by atoms with Gasteiger partial charge in [-0.1, -0.05) is 30.9 Å². The van der Waals surface area contributed by atoms with E-state index in [2.05, 4.69) is 10.4 Å². The van der Waals surface area contributed by atoms with Crippen molar-refractivity contribution in [2.24, 2.45) is 7.05 Å². The van der Waals surface area contributed by atoms with Gasteiger partial charge in [0.05, 0.1) is 16.4 Å². The normalized spacial score (nSPS) is 18.2. The number of rotatable bonds is 5. The van der Waals surface area contributed by atoms with Gasteiger partial charge in [0.1, 0.15) is 5.78 Å². The molecule has 5 heteroatoms. The minimum atomic E-state index is -0.00452. The molecule has 1 fully saturated rings. The van der Waals surface area contributed by atoms with Crippen molar-refractivity contribution in [3.8, 4) is 0 Å². The zero-order valence-electron chi connectivity index (χ0n) is 12.6. The van der Waals surface area contributed by atoms with Crippen LogP contribution in [0.3, 0.4) is 0 Å². The van der Waals surface area contributed by atoms with Gasteiger partial charge >= 0.3 is 0 Å². The Hall–Kier alpha value is -0.870. The lowest BCUT2D eigenvalue weighted by atomic mass is 9.78. The summed E-state index contributed by atoms with van der Waals surface area (Å²) in [6.07, 6.45) is 6.84. The highest BCUT2D eigenvalue weighted by Gasteiger charge is 2.32. The Labute approximate surface area is 125 Å². The molecule has 0 spiro atoms. The van der Waals surface area contributed by atoms with Crippen molar-refractivity contribution in [3.05, 3.63) is 16.4 Å². The zero-order chi connectivity index (χ0) is 14.8. The smallest absolute Gasteiger partial charge is 0.140 e. The molecule has 2 rings (SSSR count). The van der Waals surface area contributed by atoms with Gasteiger partial charge in [-0.2, -0.15) is 5.10 Å². The maximum absolute atomic E-state index is 12.4. The number of carbonyl (C=O) groups excluding carboxylic acids is 1. The van der Waals surface area contributed by atoms with Crippen LogP contribution in [0.5, 0.6) is 0 Å². The highest BCUT2D eigenvalue weighted by molar-refractivity contribution is 6.32. The molecule has 1 aromatic heterocycles. The van der Waals surface area contributed by atoms with Crippen LogP contribution in [-0.2, 0) is 18.3 Å². The van der Waals surface area contributed by atoms with E-state index in [1.807, 2.05) is 21.0 Å². The first-order valence-corrected chi connectivity index (χ1v) is 7.74. The minimum Gasteiger partial charge on any atom is -0.314 e. The van der Waals surface area contributed by atoms with E-state index in [4.69, 9.17) is 11.6 Å². The lowest BCUT2D eigenvalue weighted by molar-refractivity contribution is -0.120. The number of nitrogens with one attached hydrogen (secondary N) is 1. The standard InChI is InChI=1S/C15H24ClN3O/c1-11-14(16)13(19(3)18-11)9-12(20)10-15(17-2)7-5-4-6-8-15/h17H,4-10H2,1-3H3. The summed E-state index contributed by atoms with van der Waals surface area (Å²) in [7, 11) is 3.82. The number of aromatic nitrogens is 2. The first-order valence-electron chi connectivity index (χ1n) is 7.36. The van der Waals surface area contributed by atoms with Crippen molar-refractivity contribution < 1.29 is 4.79 Å². The van der Waals surface area contributed by atoms with Gasteiger partial charge in [-0.25, -0.2) is 0 Å². The molecule has 0 saturated heterocycles. The van der Waals surface area contributed by atoms with Gasteiger partial charge in [0.25, 0.3) is 0 Å². The molecule has 1 N–H and O–H groups in total. The van der Waals surface area contributed by atoms with Crippen LogP contribution in [0.1, 0.15) is 49.9 Å². The molecule has 1 heterocycles. The van der Waals surface area contributed by atoms with Crippen molar-refractivity contribution in [2.45, 2.75) is 57.4 Å². The van der Waals surface area contributed by atoms with Crippen molar-refractivity contribution in [1.82, 2.24) is 15.1 Å². The maximum Gasteiger partial charge on any atom is 0.140 e. The predicted molar refractivity (Wildman–Crippen MR) is 81.2 cm³/mol. The third kappa shape index (κ3) is 3.23. The van der Waals surface area contributed by atoms with Crippen LogP contribution < -0.4 is 5.32 Å². The van der Waals surface area contributed by atoms with E-state index >= 15 is 0 Å². The second-order valence-corrected chi connectivity index (χ2v) is 6.33. The number of ketones is 1. The molecule has 0 unspecified atom stereocenters. The Morgan fingerprint density at radius 3 is 2.55 bits per heavy atom. The quantitative estimate of drug-likeness (QED) is 0.909. The van der Waals surface area contributed by atoms with E-state index in [0.717, 1.165) is 24.2 Å². The van der Waals surface area contributed by atoms with Crippen LogP contribution in [0.15, 0.2) is 0 Å². The number of aryl methyl sites for hydroxylation is 2. The molecule has 0 bridgehead atoms. The van der Waals surface area contributed by atoms with Crippen molar-refractivity contribution in [1.29, 1.82) is 0 Å². The molecule has 1 aliphatic rings. The van der Waals surface area contributed by atoms with Crippen LogP contribution in [0.4, 0.5) is 0 Å². The number of Topliss-reactive ketones (excluding diaryl/α,β-unsaturated/α-hetero) is 1. The van der Waals surface area contributed by atoms with Gasteiger partial charge in [-0.3, -0.25) is 9.48 Å². The van der Waals surface area contributed by atoms with E-state index in [1.165, 1.54) is 19.3 Å². The highest BCUT2D eigenvalue weighted by atomic mass is 35.5. The largest absolute Gasteiger partial charge is 0.314 e. The maximum atomic E-state index is 12.4. The average molecular weight is 298 g/mol. The summed E-state index contributed by atoms with van der Waals surface area (Å²) in [5, 5.41) is 8.28. The highest BCUT2D eigenvalue weighted by Crippen LogP contribution is 2.31. The number of hydrogen-bond acceptors (Lipinski definition) is 3. The average Bonchev–Trinajstić information content (AvgIpc) is 2.66. The summed E-state index contributed by atoms with van der Waals surface area (Å²) in [4.78, 5) is 12.4. The van der Waals surface area contributed by atoms with E-state index in [1.54, 1.807) is 4.68 Å². The Morgan fingerprint density at radius 2 is 2.05 bits per heavy atom. The van der Waals surface area contributed by atoms with Crippen LogP contribution in [0.25, 0.3) is 0 Å². The number of hydrogen-bond donors (Lipinski definition) is 1. The van der Waals surface area contributed by atoms with E-state index < -0.39 is 0 Å². The van der Waals surface area contributed by atoms with Crippen molar-refractivity contribution in [2.75, 3.05) is 7.05 Å². The molecule has 1 aromatic rings. The Morgan fingerprint density at radius 1 is 1.40 bits per heavy atom. The Kier molecular flexibility index (Phi) is 4.86. The second-order valence-electron chi connectivity index (χ2n) is 5.95. The number of carbonyl (C=O) groups is 1. The molecule has 1 saturated carbocycles. The fourth-order valence-electron chi connectivity index (χ4n) is 3.24. The summed E-state index contributed by atoms with van der Waals surface area (Å²) < 4.78 is 1.72. The van der Waals surface area contributed by atoms with Gasteiger partial charge in [-0.15, -0.1) is 0 Å². The predicted octanol–water partition coefficient (Wildman–Crippen LogP) is 2.81. The van der Waals surface area contributed by atoms with Gasteiger partial charge in [0.15, 0.2) is 0 Å². The van der Waals surface area contributed by atoms with Gasteiger partial charge < -0.3 is 5.32 Å². The van der Waals surface area contributed by atoms with E-state index in [-0.39, 0.29) is 11.3 Å². The molecular formula is C15H24ClN3O. The summed E-state index contributed by atoms with van der Waals surface area (Å²) in [5.41, 5.74) is 1.62. The van der Waals surface area contributed by atoms with Crippen LogP contribution in [-0.4, -0.2) is 28.2 Å². The molecule has 20 heavy (non-hydrogen) atoms. The molecule has 0 aliphatic heterocycles. The van der Waals surface area contributed by atoms with Crippen LogP contribution in [0.2, 0.25) is 5.02 Å². The molecule has 112 valence electrons. The first-order chi connectivity index (χ1) is 9.47. The Bertz CT molecular complexity index is 490. The molecule has 0 amide bonds. The van der Waals surface area contributed by atoms with Gasteiger partial charge in [0, 0.05) is 25.4 Å². The molecule has 4 nitrogen and oxygen atoms in total. The first kappa shape index (κ1) is 15.5. The lowest BCUT2D eigenvalue weighted by Crippen LogP contribution is -2.46. The summed E-state index contributed by atoms with van der Waals surface area (Å²) in [6, 6.07) is 0. The topological polar surface area (TPSA) is 46.9 Å². The lowest BCUT2D eigenvalue weighted by Gasteiger charge is -2.36. The van der Waals surface area contributed by atoms with E-state index in [0.29, 0.717) is 17.9 Å². The molecule has 0 atom stereocenters. The fourth-order valence-corrected chi connectivity index (χ4v) is 3.47. The summed E-state index contributed by atoms with van der Waals surface area (Å²) in [6.45, 7) is 1.87. The van der Waals surface area contributed by atoms with Crippen LogP contribution >= 0.6 is 11.6 Å². The zero-order valence-corrected chi connectivity index (χ0v) is 13.4. The molecular weight excluding hydrogens is 274 g/mol. The summed E-state index contributed by atoms with van der Waals surface area (Å²) >= 11 is 6.22. The third-order valence-corrected chi connectivity index (χ3v) is 4.99. The second kappa shape index (κ2) is 6.27. The van der Waals surface area contributed by atoms with Crippen LogP contribution in [0, 0.1) is 6.92 Å². The molecule has 1 aliphatic carbocycles. The van der Waals surface area contributed by atoms with Gasteiger partial charge in [0.2, 0.25) is 0 Å². The summed E-state index contributed by atoms with van der Waals surface area (Å²) in [5.74, 6) is 0.242. The fraction of sp³-hybridized carbons (Fsp3) is 0.733. The minimum absolute atomic E-state index is 0.00452. The number of halogens is 1. The monoisotopic (exact) mass is 297 g/mol.